The van der Waals surface area contributed by atoms with Gasteiger partial charge in [-0.05, 0) is 18.9 Å². The van der Waals surface area contributed by atoms with E-state index in [2.05, 4.69) is 4.98 Å². The van der Waals surface area contributed by atoms with E-state index in [-0.39, 0.29) is 18.3 Å². The maximum Gasteiger partial charge on any atom is 0.338 e. The molecule has 1 aromatic rings. The third kappa shape index (κ3) is 2.76. The molecular weight excluding hydrogens is 213 g/mol. The zero-order chi connectivity index (χ0) is 11.4. The van der Waals surface area contributed by atoms with Crippen molar-refractivity contribution in [2.24, 2.45) is 0 Å². The smallest absolute Gasteiger partial charge is 0.338 e. The maximum absolute atomic E-state index is 12.7. The molecule has 0 N–H and O–H groups in total. The Morgan fingerprint density at radius 1 is 1.69 bits per heavy atom. The minimum Gasteiger partial charge on any atom is -0.459 e. The number of carbonyl (C=O) groups is 1. The van der Waals surface area contributed by atoms with E-state index in [9.17, 15) is 9.18 Å². The van der Waals surface area contributed by atoms with Gasteiger partial charge in [0.15, 0.2) is 0 Å². The Hall–Kier alpha value is -1.49. The monoisotopic (exact) mass is 225 g/mol. The van der Waals surface area contributed by atoms with Crippen LogP contribution in [0.3, 0.4) is 0 Å². The Bertz CT molecular complexity index is 377. The summed E-state index contributed by atoms with van der Waals surface area (Å²) in [5.74, 6) is -1.23. The lowest BCUT2D eigenvalue weighted by Gasteiger charge is -2.09. The molecule has 1 unspecified atom stereocenters. The molecular formula is C11H12FNO3. The minimum absolute atomic E-state index is 0.0179. The Balaban J connectivity index is 1.87. The normalized spacial score (nSPS) is 19.7. The van der Waals surface area contributed by atoms with Gasteiger partial charge < -0.3 is 9.47 Å². The highest BCUT2D eigenvalue weighted by Gasteiger charge is 2.18. The van der Waals surface area contributed by atoms with Crippen LogP contribution in [-0.2, 0) is 9.47 Å². The predicted octanol–water partition coefficient (Wildman–Crippen LogP) is 1.56. The van der Waals surface area contributed by atoms with Gasteiger partial charge in [0.05, 0.1) is 11.7 Å². The highest BCUT2D eigenvalue weighted by atomic mass is 19.1. The highest BCUT2D eigenvalue weighted by Crippen LogP contribution is 2.13. The van der Waals surface area contributed by atoms with Crippen LogP contribution in [0.5, 0.6) is 0 Å². The van der Waals surface area contributed by atoms with E-state index in [1.54, 1.807) is 0 Å². The van der Waals surface area contributed by atoms with E-state index in [4.69, 9.17) is 9.47 Å². The van der Waals surface area contributed by atoms with Crippen LogP contribution in [0.4, 0.5) is 4.39 Å². The van der Waals surface area contributed by atoms with Gasteiger partial charge in [0.25, 0.3) is 0 Å². The van der Waals surface area contributed by atoms with E-state index in [1.807, 2.05) is 0 Å². The van der Waals surface area contributed by atoms with Crippen molar-refractivity contribution < 1.29 is 18.7 Å². The number of hydrogen-bond donors (Lipinski definition) is 0. The third-order valence-corrected chi connectivity index (χ3v) is 2.39. The second-order valence-corrected chi connectivity index (χ2v) is 3.60. The first-order valence-electron chi connectivity index (χ1n) is 5.16. The Labute approximate surface area is 92.4 Å². The zero-order valence-corrected chi connectivity index (χ0v) is 8.69. The molecule has 1 fully saturated rings. The van der Waals surface area contributed by atoms with Gasteiger partial charge in [-0.15, -0.1) is 0 Å². The van der Waals surface area contributed by atoms with Crippen LogP contribution >= 0.6 is 0 Å². The van der Waals surface area contributed by atoms with E-state index >= 15 is 0 Å². The summed E-state index contributed by atoms with van der Waals surface area (Å²) < 4.78 is 23.0. The SMILES string of the molecule is O=C(OCC1CCCO1)c1ccnc(F)c1. The molecule has 1 atom stereocenters. The van der Waals surface area contributed by atoms with Crippen molar-refractivity contribution in [3.8, 4) is 0 Å². The van der Waals surface area contributed by atoms with Crippen molar-refractivity contribution in [1.82, 2.24) is 4.98 Å². The Morgan fingerprint density at radius 3 is 3.25 bits per heavy atom. The van der Waals surface area contributed by atoms with Crippen LogP contribution in [0.25, 0.3) is 0 Å². The second-order valence-electron chi connectivity index (χ2n) is 3.60. The second kappa shape index (κ2) is 5.03. The molecule has 86 valence electrons. The van der Waals surface area contributed by atoms with Crippen molar-refractivity contribution in [3.63, 3.8) is 0 Å². The van der Waals surface area contributed by atoms with Crippen LogP contribution in [0.1, 0.15) is 23.2 Å². The fourth-order valence-corrected chi connectivity index (χ4v) is 1.56. The van der Waals surface area contributed by atoms with E-state index in [0.29, 0.717) is 6.61 Å². The first kappa shape index (κ1) is 11.0. The number of ether oxygens (including phenoxy) is 2. The molecule has 0 radical (unpaired) electrons. The number of esters is 1. The Kier molecular flexibility index (Phi) is 3.46. The summed E-state index contributed by atoms with van der Waals surface area (Å²) in [6.07, 6.45) is 3.11. The zero-order valence-electron chi connectivity index (χ0n) is 8.69. The quantitative estimate of drug-likeness (QED) is 0.578. The molecule has 16 heavy (non-hydrogen) atoms. The van der Waals surface area contributed by atoms with Crippen molar-refractivity contribution in [3.05, 3.63) is 29.8 Å². The topological polar surface area (TPSA) is 48.4 Å². The molecule has 0 bridgehead atoms. The van der Waals surface area contributed by atoms with Gasteiger partial charge in [-0.1, -0.05) is 0 Å². The van der Waals surface area contributed by atoms with Crippen molar-refractivity contribution in [2.45, 2.75) is 18.9 Å². The van der Waals surface area contributed by atoms with Crippen LogP contribution in [0.15, 0.2) is 18.3 Å². The van der Waals surface area contributed by atoms with Gasteiger partial charge in [0.1, 0.15) is 6.61 Å². The molecule has 0 spiro atoms. The summed E-state index contributed by atoms with van der Waals surface area (Å²) in [7, 11) is 0. The number of hydrogen-bond acceptors (Lipinski definition) is 4. The van der Waals surface area contributed by atoms with Gasteiger partial charge in [-0.3, -0.25) is 0 Å². The molecule has 0 aliphatic carbocycles. The van der Waals surface area contributed by atoms with Gasteiger partial charge >= 0.3 is 5.97 Å². The molecule has 0 aromatic carbocycles. The number of halogens is 1. The summed E-state index contributed by atoms with van der Waals surface area (Å²) in [4.78, 5) is 14.8. The molecule has 1 saturated heterocycles. The van der Waals surface area contributed by atoms with Crippen LogP contribution in [0.2, 0.25) is 0 Å². The lowest BCUT2D eigenvalue weighted by atomic mass is 10.2. The average molecular weight is 225 g/mol. The van der Waals surface area contributed by atoms with E-state index in [0.717, 1.165) is 18.9 Å². The standard InChI is InChI=1S/C11H12FNO3/c12-10-6-8(3-4-13-10)11(14)16-7-9-2-1-5-15-9/h3-4,6,9H,1-2,5,7H2. The first-order chi connectivity index (χ1) is 7.75. The van der Waals surface area contributed by atoms with E-state index < -0.39 is 11.9 Å². The number of pyridine rings is 1. The molecule has 1 aliphatic rings. The lowest BCUT2D eigenvalue weighted by molar-refractivity contribution is 0.0161. The predicted molar refractivity (Wildman–Crippen MR) is 53.5 cm³/mol. The molecule has 0 amide bonds. The molecule has 5 heteroatoms. The highest BCUT2D eigenvalue weighted by molar-refractivity contribution is 5.89. The van der Waals surface area contributed by atoms with Gasteiger partial charge in [0, 0.05) is 18.9 Å². The number of rotatable bonds is 3. The number of carbonyl (C=O) groups excluding carboxylic acids is 1. The van der Waals surface area contributed by atoms with Gasteiger partial charge in [-0.25, -0.2) is 9.78 Å². The molecule has 1 aromatic heterocycles. The molecule has 4 nitrogen and oxygen atoms in total. The Morgan fingerprint density at radius 2 is 2.56 bits per heavy atom. The number of nitrogens with zero attached hydrogens (tertiary/aromatic N) is 1. The van der Waals surface area contributed by atoms with Crippen molar-refractivity contribution in [1.29, 1.82) is 0 Å². The summed E-state index contributed by atoms with van der Waals surface area (Å²) in [6, 6.07) is 2.47. The summed E-state index contributed by atoms with van der Waals surface area (Å²) in [6.45, 7) is 0.939. The van der Waals surface area contributed by atoms with Crippen molar-refractivity contribution in [2.75, 3.05) is 13.2 Å². The molecule has 2 heterocycles. The lowest BCUT2D eigenvalue weighted by Crippen LogP contribution is -2.18. The summed E-state index contributed by atoms with van der Waals surface area (Å²) >= 11 is 0. The minimum atomic E-state index is -0.688. The van der Waals surface area contributed by atoms with Gasteiger partial charge in [-0.2, -0.15) is 4.39 Å². The fourth-order valence-electron chi connectivity index (χ4n) is 1.56. The maximum atomic E-state index is 12.7. The van der Waals surface area contributed by atoms with Gasteiger partial charge in [0.2, 0.25) is 5.95 Å². The van der Waals surface area contributed by atoms with Crippen LogP contribution in [0, 0.1) is 5.95 Å². The fraction of sp³-hybridized carbons (Fsp3) is 0.455. The van der Waals surface area contributed by atoms with Crippen LogP contribution in [-0.4, -0.2) is 30.3 Å². The number of aromatic nitrogens is 1. The third-order valence-electron chi connectivity index (χ3n) is 2.39. The summed E-state index contributed by atoms with van der Waals surface area (Å²) in [5.41, 5.74) is 0.172. The molecule has 0 saturated carbocycles. The molecule has 2 rings (SSSR count). The largest absolute Gasteiger partial charge is 0.459 e. The average Bonchev–Trinajstić information content (AvgIpc) is 2.78. The summed E-state index contributed by atoms with van der Waals surface area (Å²) in [5, 5.41) is 0. The van der Waals surface area contributed by atoms with E-state index in [1.165, 1.54) is 12.3 Å². The first-order valence-corrected chi connectivity index (χ1v) is 5.16. The van der Waals surface area contributed by atoms with Crippen molar-refractivity contribution >= 4 is 5.97 Å². The van der Waals surface area contributed by atoms with Crippen LogP contribution < -0.4 is 0 Å². The molecule has 1 aliphatic heterocycles.